The first-order valence-electron chi connectivity index (χ1n) is 16.4. The number of nitrogens with one attached hydrogen (secondary N) is 2. The SMILES string of the molecule is CC(C)(C)OC(=O)Nc1cc(OC(F)(F)F)ccc1C(=O)N1CCC(c2ccnc3[nH]c(C4CC(O[Si](C)(C)C(C)(C)C)C4)nc23)CC1. The van der Waals surface area contributed by atoms with Gasteiger partial charge in [-0.3, -0.25) is 10.1 Å². The van der Waals surface area contributed by atoms with E-state index in [2.05, 4.69) is 53.9 Å². The van der Waals surface area contributed by atoms with Crippen LogP contribution >= 0.6 is 0 Å². The molecule has 1 saturated heterocycles. The summed E-state index contributed by atoms with van der Waals surface area (Å²) >= 11 is 0. The molecular weight excluding hydrogens is 643 g/mol. The smallest absolute Gasteiger partial charge is 0.444 e. The van der Waals surface area contributed by atoms with E-state index < -0.39 is 38.0 Å². The number of piperidine rings is 1. The molecule has 2 fully saturated rings. The summed E-state index contributed by atoms with van der Waals surface area (Å²) in [5, 5.41) is 2.59. The quantitative estimate of drug-likeness (QED) is 0.239. The summed E-state index contributed by atoms with van der Waals surface area (Å²) in [6.45, 7) is 17.1. The Morgan fingerprint density at radius 3 is 2.27 bits per heavy atom. The molecule has 2 aromatic heterocycles. The lowest BCUT2D eigenvalue weighted by atomic mass is 9.82. The van der Waals surface area contributed by atoms with Gasteiger partial charge in [-0.15, -0.1) is 13.2 Å². The van der Waals surface area contributed by atoms with E-state index in [1.165, 1.54) is 6.07 Å². The third kappa shape index (κ3) is 8.31. The predicted octanol–water partition coefficient (Wildman–Crippen LogP) is 8.49. The number of benzene rings is 1. The van der Waals surface area contributed by atoms with Crippen LogP contribution in [0.4, 0.5) is 23.7 Å². The second kappa shape index (κ2) is 13.0. The normalized spacial score (nSPS) is 19.6. The molecule has 48 heavy (non-hydrogen) atoms. The molecule has 262 valence electrons. The van der Waals surface area contributed by atoms with Crippen molar-refractivity contribution in [2.24, 2.45) is 0 Å². The van der Waals surface area contributed by atoms with E-state index in [0.29, 0.717) is 25.9 Å². The topological polar surface area (TPSA) is 119 Å². The first-order chi connectivity index (χ1) is 22.2. The zero-order chi connectivity index (χ0) is 35.2. The molecule has 0 radical (unpaired) electrons. The fraction of sp³-hybridized carbons (Fsp3) is 0.588. The Bertz CT molecular complexity index is 1650. The monoisotopic (exact) mass is 689 g/mol. The van der Waals surface area contributed by atoms with Crippen molar-refractivity contribution in [2.75, 3.05) is 18.4 Å². The number of carbonyl (C=O) groups is 2. The minimum absolute atomic E-state index is 0.0356. The molecule has 3 aromatic rings. The Morgan fingerprint density at radius 2 is 1.67 bits per heavy atom. The van der Waals surface area contributed by atoms with E-state index in [9.17, 15) is 22.8 Å². The zero-order valence-corrected chi connectivity index (χ0v) is 29.9. The van der Waals surface area contributed by atoms with Crippen LogP contribution in [-0.2, 0) is 9.16 Å². The molecule has 1 aliphatic carbocycles. The van der Waals surface area contributed by atoms with E-state index in [1.54, 1.807) is 31.9 Å². The summed E-state index contributed by atoms with van der Waals surface area (Å²) in [6, 6.07) is 5.24. The molecule has 0 atom stereocenters. The molecule has 3 heterocycles. The molecule has 1 aromatic carbocycles. The van der Waals surface area contributed by atoms with E-state index in [4.69, 9.17) is 14.1 Å². The summed E-state index contributed by atoms with van der Waals surface area (Å²) in [4.78, 5) is 40.8. The number of ether oxygens (including phenoxy) is 2. The maximum Gasteiger partial charge on any atom is 0.573 e. The Balaban J connectivity index is 1.26. The molecule has 2 N–H and O–H groups in total. The van der Waals surface area contributed by atoms with E-state index in [0.717, 1.165) is 47.5 Å². The predicted molar refractivity (Wildman–Crippen MR) is 179 cm³/mol. The fourth-order valence-corrected chi connectivity index (χ4v) is 7.32. The Kier molecular flexibility index (Phi) is 9.65. The molecule has 10 nitrogen and oxygen atoms in total. The van der Waals surface area contributed by atoms with E-state index in [-0.39, 0.29) is 34.2 Å². The number of rotatable bonds is 7. The van der Waals surface area contributed by atoms with Crippen LogP contribution in [0.5, 0.6) is 5.75 Å². The number of nitrogens with zero attached hydrogens (tertiary/aromatic N) is 3. The number of imidazole rings is 1. The van der Waals surface area contributed by atoms with Gasteiger partial charge in [0.15, 0.2) is 14.0 Å². The molecule has 1 saturated carbocycles. The average molecular weight is 690 g/mol. The van der Waals surface area contributed by atoms with Crippen molar-refractivity contribution >= 4 is 37.2 Å². The van der Waals surface area contributed by atoms with E-state index >= 15 is 0 Å². The number of carbonyl (C=O) groups excluding carboxylic acids is 2. The van der Waals surface area contributed by atoms with Gasteiger partial charge in [0, 0.05) is 37.4 Å². The molecule has 14 heteroatoms. The molecule has 2 aliphatic rings. The van der Waals surface area contributed by atoms with Crippen LogP contribution in [0.3, 0.4) is 0 Å². The van der Waals surface area contributed by atoms with Crippen molar-refractivity contribution in [3.8, 4) is 5.75 Å². The van der Waals surface area contributed by atoms with Gasteiger partial charge >= 0.3 is 12.5 Å². The van der Waals surface area contributed by atoms with Gasteiger partial charge in [0.2, 0.25) is 0 Å². The molecular formula is C34H46F3N5O5Si. The molecule has 0 unspecified atom stereocenters. The standard InChI is InChI=1S/C34H46F3N5O5Si/c1-32(2,3)46-31(44)39-26-19-22(45-34(35,36)37)9-10-25(26)30(43)42-15-12-20(13-16-42)24-11-14-38-29-27(24)40-28(41-29)21-17-23(18-21)47-48(7,8)33(4,5)6/h9-11,14,19-21,23H,12-13,15-18H2,1-8H3,(H,39,44)(H,38,40,41). The van der Waals surface area contributed by atoms with Crippen LogP contribution in [0.25, 0.3) is 11.2 Å². The number of halogens is 3. The van der Waals surface area contributed by atoms with Crippen molar-refractivity contribution in [1.82, 2.24) is 19.9 Å². The summed E-state index contributed by atoms with van der Waals surface area (Å²) in [7, 11) is -1.84. The Hall–Kier alpha value is -3.65. The van der Waals surface area contributed by atoms with Crippen molar-refractivity contribution < 1.29 is 36.7 Å². The Labute approximate surface area is 280 Å². The van der Waals surface area contributed by atoms with Gasteiger partial charge < -0.3 is 23.8 Å². The lowest BCUT2D eigenvalue weighted by molar-refractivity contribution is -0.274. The molecule has 0 bridgehead atoms. The first-order valence-corrected chi connectivity index (χ1v) is 19.3. The van der Waals surface area contributed by atoms with Crippen LogP contribution in [-0.4, -0.2) is 71.3 Å². The van der Waals surface area contributed by atoms with Crippen molar-refractivity contribution in [3.63, 3.8) is 0 Å². The second-order valence-electron chi connectivity index (χ2n) is 15.3. The van der Waals surface area contributed by atoms with Crippen LogP contribution in [0.1, 0.15) is 101 Å². The number of fused-ring (bicyclic) bond motifs is 1. The van der Waals surface area contributed by atoms with Gasteiger partial charge in [-0.1, -0.05) is 20.8 Å². The highest BCUT2D eigenvalue weighted by Gasteiger charge is 2.43. The van der Waals surface area contributed by atoms with Gasteiger partial charge in [0.05, 0.1) is 11.3 Å². The Morgan fingerprint density at radius 1 is 1.00 bits per heavy atom. The number of aromatic amines is 1. The van der Waals surface area contributed by atoms with Crippen molar-refractivity contribution in [3.05, 3.63) is 47.4 Å². The number of alkyl halides is 3. The minimum Gasteiger partial charge on any atom is -0.444 e. The number of hydrogen-bond acceptors (Lipinski definition) is 7. The largest absolute Gasteiger partial charge is 0.573 e. The van der Waals surface area contributed by atoms with Gasteiger partial charge in [-0.25, -0.2) is 14.8 Å². The number of H-pyrrole nitrogens is 1. The third-order valence-electron chi connectivity index (χ3n) is 9.50. The average Bonchev–Trinajstić information content (AvgIpc) is 3.36. The number of hydrogen-bond donors (Lipinski definition) is 2. The van der Waals surface area contributed by atoms with Crippen LogP contribution in [0.15, 0.2) is 30.5 Å². The summed E-state index contributed by atoms with van der Waals surface area (Å²) in [5.74, 6) is 0.367. The van der Waals surface area contributed by atoms with Gasteiger partial charge in [0.25, 0.3) is 5.91 Å². The van der Waals surface area contributed by atoms with Crippen molar-refractivity contribution in [2.45, 2.75) is 115 Å². The highest BCUT2D eigenvalue weighted by Crippen LogP contribution is 2.45. The van der Waals surface area contributed by atoms with Gasteiger partial charge in [0.1, 0.15) is 22.7 Å². The maximum absolute atomic E-state index is 13.7. The number of anilines is 1. The van der Waals surface area contributed by atoms with E-state index in [1.807, 2.05) is 6.07 Å². The number of aromatic nitrogens is 3. The summed E-state index contributed by atoms with van der Waals surface area (Å²) in [5.41, 5.74) is 1.70. The third-order valence-corrected chi connectivity index (χ3v) is 14.0. The highest BCUT2D eigenvalue weighted by atomic mass is 28.4. The minimum atomic E-state index is -4.94. The lowest BCUT2D eigenvalue weighted by Crippen LogP contribution is -2.47. The van der Waals surface area contributed by atoms with Crippen molar-refractivity contribution in [1.29, 1.82) is 0 Å². The molecule has 1 aliphatic heterocycles. The van der Waals surface area contributed by atoms with Gasteiger partial charge in [-0.2, -0.15) is 0 Å². The van der Waals surface area contributed by atoms with Crippen LogP contribution < -0.4 is 10.1 Å². The number of amides is 2. The highest BCUT2D eigenvalue weighted by molar-refractivity contribution is 6.74. The fourth-order valence-electron chi connectivity index (χ4n) is 5.94. The summed E-state index contributed by atoms with van der Waals surface area (Å²) < 4.78 is 54.7. The zero-order valence-electron chi connectivity index (χ0n) is 28.9. The first kappa shape index (κ1) is 35.6. The second-order valence-corrected chi connectivity index (χ2v) is 20.1. The molecule has 5 rings (SSSR count). The number of pyridine rings is 1. The molecule has 2 amide bonds. The molecule has 0 spiro atoms. The van der Waals surface area contributed by atoms with Gasteiger partial charge in [-0.05, 0) is 94.3 Å². The lowest BCUT2D eigenvalue weighted by Gasteiger charge is -2.44. The summed E-state index contributed by atoms with van der Waals surface area (Å²) in [6.07, 6.45) is -0.658. The van der Waals surface area contributed by atoms with Crippen LogP contribution in [0.2, 0.25) is 18.1 Å². The van der Waals surface area contributed by atoms with Crippen LogP contribution in [0, 0.1) is 0 Å². The number of likely N-dealkylation sites (tertiary alicyclic amines) is 1. The maximum atomic E-state index is 13.7.